The molecule has 82 valence electrons. The van der Waals surface area contributed by atoms with E-state index >= 15 is 0 Å². The molecule has 1 saturated heterocycles. The summed E-state index contributed by atoms with van der Waals surface area (Å²) < 4.78 is 27.1. The maximum Gasteiger partial charge on any atom is 0.131 e. The zero-order chi connectivity index (χ0) is 10.8. The zero-order valence-corrected chi connectivity index (χ0v) is 8.95. The number of nitrogens with one attached hydrogen (secondary N) is 1. The molecule has 0 unspecified atom stereocenters. The van der Waals surface area contributed by atoms with Crippen molar-refractivity contribution in [3.8, 4) is 0 Å². The molecule has 0 saturated carbocycles. The highest BCUT2D eigenvalue weighted by atomic mass is 35.5. The summed E-state index contributed by atoms with van der Waals surface area (Å²) >= 11 is 5.57. The second-order valence-corrected chi connectivity index (χ2v) is 4.26. The van der Waals surface area contributed by atoms with Crippen LogP contribution in [0.1, 0.15) is 24.3 Å². The number of benzene rings is 1. The summed E-state index contributed by atoms with van der Waals surface area (Å²) in [6.07, 6.45) is 1.77. The van der Waals surface area contributed by atoms with E-state index in [1.807, 2.05) is 0 Å². The number of piperidine rings is 1. The molecule has 15 heavy (non-hydrogen) atoms. The summed E-state index contributed by atoms with van der Waals surface area (Å²) in [5.41, 5.74) is 0.173. The van der Waals surface area contributed by atoms with E-state index in [9.17, 15) is 8.78 Å². The van der Waals surface area contributed by atoms with Crippen molar-refractivity contribution in [2.75, 3.05) is 13.1 Å². The lowest BCUT2D eigenvalue weighted by molar-refractivity contribution is 0.428. The summed E-state index contributed by atoms with van der Waals surface area (Å²) in [6.45, 7) is 1.56. The largest absolute Gasteiger partial charge is 0.316 e. The Bertz CT molecular complexity index is 339. The molecule has 0 spiro atoms. The minimum atomic E-state index is -0.534. The summed E-state index contributed by atoms with van der Waals surface area (Å²) in [7, 11) is 0. The molecule has 1 aliphatic heterocycles. The van der Waals surface area contributed by atoms with Gasteiger partial charge in [-0.15, -0.1) is 0 Å². The van der Waals surface area contributed by atoms with Crippen molar-refractivity contribution >= 4 is 11.6 Å². The van der Waals surface area contributed by atoms with Gasteiger partial charge >= 0.3 is 0 Å². The highest BCUT2D eigenvalue weighted by Crippen LogP contribution is 2.29. The third-order valence-corrected chi connectivity index (χ3v) is 2.97. The van der Waals surface area contributed by atoms with Crippen LogP contribution in [0.3, 0.4) is 0 Å². The van der Waals surface area contributed by atoms with Crippen LogP contribution < -0.4 is 5.32 Å². The minimum Gasteiger partial charge on any atom is -0.316 e. The van der Waals surface area contributed by atoms with Crippen molar-refractivity contribution < 1.29 is 8.78 Å². The van der Waals surface area contributed by atoms with Crippen LogP contribution in [-0.2, 0) is 0 Å². The van der Waals surface area contributed by atoms with E-state index in [-0.39, 0.29) is 16.5 Å². The first-order chi connectivity index (χ1) is 7.18. The van der Waals surface area contributed by atoms with Gasteiger partial charge in [0.05, 0.1) is 0 Å². The molecular formula is C11H12ClF2N. The van der Waals surface area contributed by atoms with Crippen molar-refractivity contribution in [2.24, 2.45) is 0 Å². The van der Waals surface area contributed by atoms with Crippen molar-refractivity contribution in [3.63, 3.8) is 0 Å². The highest BCUT2D eigenvalue weighted by Gasteiger charge is 2.22. The molecule has 0 bridgehead atoms. The number of hydrogen-bond acceptors (Lipinski definition) is 1. The van der Waals surface area contributed by atoms with Crippen LogP contribution in [0.5, 0.6) is 0 Å². The van der Waals surface area contributed by atoms with Gasteiger partial charge in [-0.2, -0.15) is 0 Å². The Labute approximate surface area is 92.4 Å². The van der Waals surface area contributed by atoms with E-state index in [0.29, 0.717) is 6.54 Å². The Morgan fingerprint density at radius 1 is 1.27 bits per heavy atom. The molecule has 0 amide bonds. The molecule has 0 aliphatic carbocycles. The number of rotatable bonds is 1. The Morgan fingerprint density at radius 3 is 2.47 bits per heavy atom. The Balaban J connectivity index is 2.33. The van der Waals surface area contributed by atoms with Gasteiger partial charge in [0.1, 0.15) is 11.6 Å². The molecule has 1 atom stereocenters. The maximum atomic E-state index is 13.5. The zero-order valence-electron chi connectivity index (χ0n) is 8.19. The molecule has 1 aliphatic rings. The molecular weight excluding hydrogens is 220 g/mol. The van der Waals surface area contributed by atoms with Crippen LogP contribution >= 0.6 is 11.6 Å². The standard InChI is InChI=1S/C11H12ClF2N/c12-8-4-9(13)11(10(14)5-8)7-2-1-3-15-6-7/h4-5,7,15H,1-3,6H2/t7-/m1/s1. The summed E-state index contributed by atoms with van der Waals surface area (Å²) in [4.78, 5) is 0. The first kappa shape index (κ1) is 10.8. The third-order valence-electron chi connectivity index (χ3n) is 2.75. The van der Waals surface area contributed by atoms with Crippen LogP contribution in [0.25, 0.3) is 0 Å². The molecule has 1 N–H and O–H groups in total. The Hall–Kier alpha value is -0.670. The second-order valence-electron chi connectivity index (χ2n) is 3.83. The summed E-state index contributed by atoms with van der Waals surface area (Å²) in [6, 6.07) is 2.35. The molecule has 0 aromatic heterocycles. The molecule has 0 radical (unpaired) electrons. The van der Waals surface area contributed by atoms with E-state index in [0.717, 1.165) is 19.4 Å². The summed E-state index contributed by atoms with van der Waals surface area (Å²) in [5, 5.41) is 3.24. The van der Waals surface area contributed by atoms with Gasteiger partial charge < -0.3 is 5.32 Å². The van der Waals surface area contributed by atoms with Crippen molar-refractivity contribution in [1.82, 2.24) is 5.32 Å². The monoisotopic (exact) mass is 231 g/mol. The smallest absolute Gasteiger partial charge is 0.131 e. The Morgan fingerprint density at radius 2 is 1.93 bits per heavy atom. The molecule has 1 aromatic carbocycles. The van der Waals surface area contributed by atoms with Crippen molar-refractivity contribution in [2.45, 2.75) is 18.8 Å². The average molecular weight is 232 g/mol. The number of hydrogen-bond donors (Lipinski definition) is 1. The van der Waals surface area contributed by atoms with Crippen LogP contribution in [0, 0.1) is 11.6 Å². The maximum absolute atomic E-state index is 13.5. The molecule has 1 nitrogen and oxygen atoms in total. The lowest BCUT2D eigenvalue weighted by Gasteiger charge is -2.23. The average Bonchev–Trinajstić information content (AvgIpc) is 2.17. The molecule has 4 heteroatoms. The van der Waals surface area contributed by atoms with Gasteiger partial charge in [0.25, 0.3) is 0 Å². The SMILES string of the molecule is Fc1cc(Cl)cc(F)c1[C@@H]1CCCNC1. The van der Waals surface area contributed by atoms with Gasteiger partial charge in [0.2, 0.25) is 0 Å². The second kappa shape index (κ2) is 4.45. The number of halogens is 3. The van der Waals surface area contributed by atoms with Gasteiger partial charge in [-0.05, 0) is 31.5 Å². The van der Waals surface area contributed by atoms with Crippen molar-refractivity contribution in [1.29, 1.82) is 0 Å². The van der Waals surface area contributed by atoms with Gasteiger partial charge in [-0.1, -0.05) is 11.6 Å². The predicted octanol–water partition coefficient (Wildman–Crippen LogP) is 3.09. The summed E-state index contributed by atoms with van der Waals surface area (Å²) in [5.74, 6) is -1.14. The van der Waals surface area contributed by atoms with Crippen molar-refractivity contribution in [3.05, 3.63) is 34.4 Å². The van der Waals surface area contributed by atoms with E-state index in [4.69, 9.17) is 11.6 Å². The fourth-order valence-corrected chi connectivity index (χ4v) is 2.23. The van der Waals surface area contributed by atoms with E-state index in [1.54, 1.807) is 0 Å². The van der Waals surface area contributed by atoms with E-state index in [1.165, 1.54) is 12.1 Å². The molecule has 1 aromatic rings. The van der Waals surface area contributed by atoms with E-state index < -0.39 is 11.6 Å². The van der Waals surface area contributed by atoms with Gasteiger partial charge in [0.15, 0.2) is 0 Å². The first-order valence-electron chi connectivity index (χ1n) is 5.03. The lowest BCUT2D eigenvalue weighted by atomic mass is 9.91. The third kappa shape index (κ3) is 2.29. The van der Waals surface area contributed by atoms with Gasteiger partial charge in [0, 0.05) is 23.0 Å². The van der Waals surface area contributed by atoms with Crippen LogP contribution in [0.15, 0.2) is 12.1 Å². The predicted molar refractivity (Wildman–Crippen MR) is 56.2 cm³/mol. The molecule has 1 heterocycles. The highest BCUT2D eigenvalue weighted by molar-refractivity contribution is 6.30. The topological polar surface area (TPSA) is 12.0 Å². The molecule has 2 rings (SSSR count). The normalized spacial score (nSPS) is 21.7. The molecule has 1 fully saturated rings. The van der Waals surface area contributed by atoms with E-state index in [2.05, 4.69) is 5.32 Å². The minimum absolute atomic E-state index is 0.0731. The van der Waals surface area contributed by atoms with Crippen LogP contribution in [0.2, 0.25) is 5.02 Å². The van der Waals surface area contributed by atoms with Crippen LogP contribution in [-0.4, -0.2) is 13.1 Å². The van der Waals surface area contributed by atoms with Gasteiger partial charge in [-0.3, -0.25) is 0 Å². The lowest BCUT2D eigenvalue weighted by Crippen LogP contribution is -2.29. The fourth-order valence-electron chi connectivity index (χ4n) is 2.04. The van der Waals surface area contributed by atoms with Crippen LogP contribution in [0.4, 0.5) is 8.78 Å². The van der Waals surface area contributed by atoms with Gasteiger partial charge in [-0.25, -0.2) is 8.78 Å². The quantitative estimate of drug-likeness (QED) is 0.783. The first-order valence-corrected chi connectivity index (χ1v) is 5.41. The Kier molecular flexibility index (Phi) is 3.22. The fraction of sp³-hybridized carbons (Fsp3) is 0.455.